The van der Waals surface area contributed by atoms with Crippen LogP contribution in [0.4, 0.5) is 0 Å². The molecule has 2 N–H and O–H groups in total. The maximum atomic E-state index is 5.41. The summed E-state index contributed by atoms with van der Waals surface area (Å²) in [5, 5.41) is 4.11. The van der Waals surface area contributed by atoms with E-state index in [0.29, 0.717) is 6.54 Å². The van der Waals surface area contributed by atoms with Gasteiger partial charge in [-0.15, -0.1) is 0 Å². The van der Waals surface area contributed by atoms with Gasteiger partial charge in [0.2, 0.25) is 0 Å². The Morgan fingerprint density at radius 2 is 2.56 bits per heavy atom. The molecule has 0 bridgehead atoms. The molecule has 0 aromatic carbocycles. The van der Waals surface area contributed by atoms with Crippen LogP contribution >= 0.6 is 22.6 Å². The Kier molecular flexibility index (Phi) is 2.07. The van der Waals surface area contributed by atoms with Gasteiger partial charge in [0.05, 0.1) is 0 Å². The number of nitrogens with zero attached hydrogens (tertiary/aromatic N) is 2. The molecule has 1 aromatic heterocycles. The lowest BCUT2D eigenvalue weighted by molar-refractivity contribution is 0.759. The van der Waals surface area contributed by atoms with Crippen molar-refractivity contribution >= 4 is 22.6 Å². The Hall–Kier alpha value is -0.100. The zero-order valence-electron chi connectivity index (χ0n) is 5.13. The fraction of sp³-hybridized carbons (Fsp3) is 0.400. The predicted octanol–water partition coefficient (Wildman–Crippen LogP) is 0.483. The largest absolute Gasteiger partial charge is 0.326 e. The lowest BCUT2D eigenvalue weighted by Crippen LogP contribution is -1.95. The Morgan fingerprint density at radius 1 is 1.89 bits per heavy atom. The maximum Gasteiger partial charge on any atom is 0.127 e. The van der Waals surface area contributed by atoms with Gasteiger partial charge in [0.1, 0.15) is 3.70 Å². The van der Waals surface area contributed by atoms with Crippen LogP contribution in [0, 0.1) is 3.70 Å². The first-order valence-corrected chi connectivity index (χ1v) is 3.70. The van der Waals surface area contributed by atoms with Crippen LogP contribution in [0.15, 0.2) is 6.20 Å². The Balaban J connectivity index is 3.01. The Morgan fingerprint density at radius 3 is 2.78 bits per heavy atom. The number of halogens is 1. The molecule has 0 amide bonds. The molecule has 0 fully saturated rings. The van der Waals surface area contributed by atoms with Gasteiger partial charge < -0.3 is 5.73 Å². The lowest BCUT2D eigenvalue weighted by Gasteiger charge is -1.84. The molecule has 1 heterocycles. The minimum Gasteiger partial charge on any atom is -0.326 e. The van der Waals surface area contributed by atoms with E-state index in [1.54, 1.807) is 4.68 Å². The maximum absolute atomic E-state index is 5.41. The summed E-state index contributed by atoms with van der Waals surface area (Å²) >= 11 is 2.17. The van der Waals surface area contributed by atoms with E-state index in [1.165, 1.54) is 0 Å². The van der Waals surface area contributed by atoms with E-state index in [2.05, 4.69) is 27.7 Å². The van der Waals surface area contributed by atoms with Crippen LogP contribution in [0.5, 0.6) is 0 Å². The highest BCUT2D eigenvalue weighted by molar-refractivity contribution is 14.1. The van der Waals surface area contributed by atoms with Crippen LogP contribution < -0.4 is 5.73 Å². The molecule has 0 saturated carbocycles. The van der Waals surface area contributed by atoms with Gasteiger partial charge >= 0.3 is 0 Å². The van der Waals surface area contributed by atoms with Crippen molar-refractivity contribution in [3.63, 3.8) is 0 Å². The average molecular weight is 237 g/mol. The second-order valence-corrected chi connectivity index (χ2v) is 2.84. The first-order chi connectivity index (χ1) is 4.24. The molecular weight excluding hydrogens is 229 g/mol. The summed E-state index contributed by atoms with van der Waals surface area (Å²) < 4.78 is 2.77. The number of nitrogens with two attached hydrogens (primary N) is 1. The van der Waals surface area contributed by atoms with Crippen molar-refractivity contribution in [3.05, 3.63) is 15.5 Å². The number of aromatic nitrogens is 2. The molecule has 0 saturated heterocycles. The topological polar surface area (TPSA) is 43.8 Å². The van der Waals surface area contributed by atoms with Crippen molar-refractivity contribution in [3.8, 4) is 0 Å². The molecule has 0 unspecified atom stereocenters. The second kappa shape index (κ2) is 2.66. The van der Waals surface area contributed by atoms with Crippen LogP contribution in [-0.4, -0.2) is 9.78 Å². The van der Waals surface area contributed by atoms with Gasteiger partial charge in [-0.3, -0.25) is 4.68 Å². The van der Waals surface area contributed by atoms with E-state index in [-0.39, 0.29) is 0 Å². The summed E-state index contributed by atoms with van der Waals surface area (Å²) in [6.45, 7) is 0.576. The summed E-state index contributed by atoms with van der Waals surface area (Å²) in [6.07, 6.45) is 1.93. The average Bonchev–Trinajstić information content (AvgIpc) is 2.10. The van der Waals surface area contributed by atoms with Crippen LogP contribution in [0.25, 0.3) is 0 Å². The van der Waals surface area contributed by atoms with Crippen molar-refractivity contribution in [2.45, 2.75) is 6.54 Å². The second-order valence-electron chi connectivity index (χ2n) is 1.82. The van der Waals surface area contributed by atoms with E-state index in [4.69, 9.17) is 5.73 Å². The van der Waals surface area contributed by atoms with Gasteiger partial charge in [0.15, 0.2) is 0 Å². The molecule has 0 aliphatic rings. The third-order valence-electron chi connectivity index (χ3n) is 1.07. The summed E-state index contributed by atoms with van der Waals surface area (Å²) in [5.41, 5.74) is 6.52. The van der Waals surface area contributed by atoms with Crippen molar-refractivity contribution in [2.75, 3.05) is 0 Å². The highest BCUT2D eigenvalue weighted by Crippen LogP contribution is 2.06. The van der Waals surface area contributed by atoms with Gasteiger partial charge in [-0.2, -0.15) is 5.10 Å². The molecule has 0 atom stereocenters. The first-order valence-electron chi connectivity index (χ1n) is 2.62. The van der Waals surface area contributed by atoms with Gasteiger partial charge in [-0.1, -0.05) is 0 Å². The number of hydrogen-bond donors (Lipinski definition) is 1. The monoisotopic (exact) mass is 237 g/mol. The van der Waals surface area contributed by atoms with Gasteiger partial charge in [0.25, 0.3) is 0 Å². The zero-order chi connectivity index (χ0) is 6.85. The van der Waals surface area contributed by atoms with Crippen molar-refractivity contribution in [2.24, 2.45) is 12.8 Å². The molecular formula is C5H8IN3. The van der Waals surface area contributed by atoms with Crippen molar-refractivity contribution in [1.29, 1.82) is 0 Å². The summed E-state index contributed by atoms with van der Waals surface area (Å²) in [7, 11) is 1.89. The predicted molar refractivity (Wildman–Crippen MR) is 43.8 cm³/mol. The molecule has 3 nitrogen and oxygen atoms in total. The molecule has 1 aromatic rings. The standard InChI is InChI=1S/C5H8IN3/c1-9-3-4(2-7)5(6)8-9/h3H,2,7H2,1H3. The van der Waals surface area contributed by atoms with Gasteiger partial charge in [-0.25, -0.2) is 0 Å². The molecule has 0 radical (unpaired) electrons. The Labute approximate surface area is 67.4 Å². The van der Waals surface area contributed by atoms with E-state index < -0.39 is 0 Å². The third kappa shape index (κ3) is 1.42. The SMILES string of the molecule is Cn1cc(CN)c(I)n1. The zero-order valence-corrected chi connectivity index (χ0v) is 7.29. The van der Waals surface area contributed by atoms with Gasteiger partial charge in [-0.05, 0) is 22.6 Å². The number of rotatable bonds is 1. The van der Waals surface area contributed by atoms with E-state index in [0.717, 1.165) is 9.26 Å². The van der Waals surface area contributed by atoms with Crippen LogP contribution in [0.1, 0.15) is 5.56 Å². The minimum atomic E-state index is 0.576. The van der Waals surface area contributed by atoms with Gasteiger partial charge in [0, 0.05) is 25.4 Å². The highest BCUT2D eigenvalue weighted by atomic mass is 127. The molecule has 50 valence electrons. The highest BCUT2D eigenvalue weighted by Gasteiger charge is 1.99. The summed E-state index contributed by atoms with van der Waals surface area (Å²) in [6, 6.07) is 0. The fourth-order valence-electron chi connectivity index (χ4n) is 0.647. The first kappa shape index (κ1) is 7.01. The minimum absolute atomic E-state index is 0.576. The van der Waals surface area contributed by atoms with E-state index in [9.17, 15) is 0 Å². The number of aryl methyl sites for hydroxylation is 1. The van der Waals surface area contributed by atoms with Crippen LogP contribution in [-0.2, 0) is 13.6 Å². The molecule has 0 aliphatic heterocycles. The summed E-state index contributed by atoms with van der Waals surface area (Å²) in [4.78, 5) is 0. The smallest absolute Gasteiger partial charge is 0.127 e. The normalized spacial score (nSPS) is 10.1. The lowest BCUT2D eigenvalue weighted by atomic mass is 10.4. The molecule has 1 rings (SSSR count). The molecule has 4 heteroatoms. The van der Waals surface area contributed by atoms with Crippen molar-refractivity contribution < 1.29 is 0 Å². The quantitative estimate of drug-likeness (QED) is 0.722. The van der Waals surface area contributed by atoms with Crippen LogP contribution in [0.2, 0.25) is 0 Å². The van der Waals surface area contributed by atoms with E-state index >= 15 is 0 Å². The van der Waals surface area contributed by atoms with Crippen LogP contribution in [0.3, 0.4) is 0 Å². The molecule has 9 heavy (non-hydrogen) atoms. The molecule has 0 aliphatic carbocycles. The third-order valence-corrected chi connectivity index (χ3v) is 1.98. The fourth-order valence-corrected chi connectivity index (χ4v) is 1.35. The van der Waals surface area contributed by atoms with E-state index in [1.807, 2.05) is 13.2 Å². The Bertz CT molecular complexity index is 206. The van der Waals surface area contributed by atoms with Crippen molar-refractivity contribution in [1.82, 2.24) is 9.78 Å². The molecule has 0 spiro atoms. The number of hydrogen-bond acceptors (Lipinski definition) is 2. The summed E-state index contributed by atoms with van der Waals surface area (Å²) in [5.74, 6) is 0.